The van der Waals surface area contributed by atoms with Gasteiger partial charge in [-0.25, -0.2) is 18.1 Å². The number of nitrogens with one attached hydrogen (secondary N) is 1. The number of hydrogen-bond acceptors (Lipinski definition) is 4. The van der Waals surface area contributed by atoms with Crippen molar-refractivity contribution in [2.75, 3.05) is 0 Å². The first-order chi connectivity index (χ1) is 6.43. The highest BCUT2D eigenvalue weighted by molar-refractivity contribution is 7.90. The lowest BCUT2D eigenvalue weighted by atomic mass is 10.4. The van der Waals surface area contributed by atoms with E-state index in [0.717, 1.165) is 5.01 Å². The zero-order valence-corrected chi connectivity index (χ0v) is 10.0. The molecule has 0 amide bonds. The molecule has 1 rings (SSSR count). The van der Waals surface area contributed by atoms with Gasteiger partial charge in [-0.05, 0) is 20.8 Å². The number of hydrogen-bond donors (Lipinski definition) is 1. The van der Waals surface area contributed by atoms with Crippen molar-refractivity contribution < 1.29 is 8.42 Å². The lowest BCUT2D eigenvalue weighted by Gasteiger charge is -2.13. The normalized spacial score (nSPS) is 14.6. The second-order valence-corrected chi connectivity index (χ2v) is 6.50. The molecule has 0 fully saturated rings. The molecule has 6 heteroatoms. The van der Waals surface area contributed by atoms with Crippen LogP contribution in [0.3, 0.4) is 0 Å². The fourth-order valence-corrected chi connectivity index (χ4v) is 2.48. The summed E-state index contributed by atoms with van der Waals surface area (Å²) in [5.41, 5.74) is 0. The molecule has 1 atom stereocenters. The maximum Gasteiger partial charge on any atom is 0.214 e. The van der Waals surface area contributed by atoms with Crippen molar-refractivity contribution in [1.29, 1.82) is 0 Å². The first-order valence-corrected chi connectivity index (χ1v) is 6.76. The minimum atomic E-state index is -3.21. The molecule has 14 heavy (non-hydrogen) atoms. The maximum absolute atomic E-state index is 11.5. The number of sulfonamides is 1. The topological polar surface area (TPSA) is 59.1 Å². The molecular formula is C8H14N2O2S2. The van der Waals surface area contributed by atoms with Crippen LogP contribution in [0, 0.1) is 0 Å². The second kappa shape index (κ2) is 4.37. The van der Waals surface area contributed by atoms with Crippen LogP contribution >= 0.6 is 11.3 Å². The van der Waals surface area contributed by atoms with E-state index in [2.05, 4.69) is 9.71 Å². The van der Waals surface area contributed by atoms with E-state index in [0.29, 0.717) is 0 Å². The van der Waals surface area contributed by atoms with E-state index in [1.54, 1.807) is 27.0 Å². The predicted molar refractivity (Wildman–Crippen MR) is 57.7 cm³/mol. The van der Waals surface area contributed by atoms with E-state index in [-0.39, 0.29) is 6.04 Å². The van der Waals surface area contributed by atoms with Crippen molar-refractivity contribution in [3.05, 3.63) is 16.6 Å². The van der Waals surface area contributed by atoms with Crippen molar-refractivity contribution in [1.82, 2.24) is 9.71 Å². The molecule has 0 aliphatic carbocycles. The highest BCUT2D eigenvalue weighted by atomic mass is 32.2. The molecular weight excluding hydrogens is 220 g/mol. The van der Waals surface area contributed by atoms with Crippen LogP contribution in [0.1, 0.15) is 31.8 Å². The van der Waals surface area contributed by atoms with Gasteiger partial charge in [0, 0.05) is 11.6 Å². The minimum absolute atomic E-state index is 0.248. The van der Waals surface area contributed by atoms with Crippen LogP contribution in [-0.4, -0.2) is 18.7 Å². The van der Waals surface area contributed by atoms with Gasteiger partial charge in [0.1, 0.15) is 5.01 Å². The standard InChI is InChI=1S/C8H14N2O2S2/c1-6(2)14(11,12)10-7(3)8-9-4-5-13-8/h4-7,10H,1-3H3. The molecule has 0 aliphatic rings. The Labute approximate surface area is 88.4 Å². The third-order valence-electron chi connectivity index (χ3n) is 1.78. The van der Waals surface area contributed by atoms with Gasteiger partial charge in [-0.2, -0.15) is 0 Å². The lowest BCUT2D eigenvalue weighted by molar-refractivity contribution is 0.557. The Bertz CT molecular complexity index is 370. The number of thiazole rings is 1. The minimum Gasteiger partial charge on any atom is -0.248 e. The molecule has 1 aromatic rings. The van der Waals surface area contributed by atoms with E-state index in [1.165, 1.54) is 11.3 Å². The third kappa shape index (κ3) is 2.76. The molecule has 4 nitrogen and oxygen atoms in total. The van der Waals surface area contributed by atoms with Gasteiger partial charge in [0.25, 0.3) is 0 Å². The molecule has 0 saturated carbocycles. The highest BCUT2D eigenvalue weighted by Gasteiger charge is 2.20. The lowest BCUT2D eigenvalue weighted by Crippen LogP contribution is -2.32. The van der Waals surface area contributed by atoms with Crippen molar-refractivity contribution in [3.8, 4) is 0 Å². The molecule has 1 unspecified atom stereocenters. The fraction of sp³-hybridized carbons (Fsp3) is 0.625. The second-order valence-electron chi connectivity index (χ2n) is 3.30. The molecule has 1 N–H and O–H groups in total. The summed E-state index contributed by atoms with van der Waals surface area (Å²) in [7, 11) is -3.21. The Kier molecular flexibility index (Phi) is 3.63. The number of aromatic nitrogens is 1. The average molecular weight is 234 g/mol. The molecule has 0 spiro atoms. The van der Waals surface area contributed by atoms with Crippen LogP contribution in [-0.2, 0) is 10.0 Å². The number of rotatable bonds is 4. The third-order valence-corrected chi connectivity index (χ3v) is 4.67. The maximum atomic E-state index is 11.5. The van der Waals surface area contributed by atoms with E-state index in [1.807, 2.05) is 5.38 Å². The first-order valence-electron chi connectivity index (χ1n) is 4.34. The largest absolute Gasteiger partial charge is 0.248 e. The Morgan fingerprint density at radius 1 is 1.43 bits per heavy atom. The van der Waals surface area contributed by atoms with Gasteiger partial charge in [0.15, 0.2) is 0 Å². The Morgan fingerprint density at radius 2 is 2.07 bits per heavy atom. The van der Waals surface area contributed by atoms with Crippen molar-refractivity contribution in [2.45, 2.75) is 32.1 Å². The van der Waals surface area contributed by atoms with E-state index in [4.69, 9.17) is 0 Å². The summed E-state index contributed by atoms with van der Waals surface area (Å²) >= 11 is 1.45. The van der Waals surface area contributed by atoms with Gasteiger partial charge in [-0.15, -0.1) is 11.3 Å². The van der Waals surface area contributed by atoms with Crippen molar-refractivity contribution >= 4 is 21.4 Å². The zero-order valence-electron chi connectivity index (χ0n) is 8.39. The quantitative estimate of drug-likeness (QED) is 0.859. The van der Waals surface area contributed by atoms with Crippen LogP contribution in [0.5, 0.6) is 0 Å². The van der Waals surface area contributed by atoms with E-state index >= 15 is 0 Å². The molecule has 0 aromatic carbocycles. The van der Waals surface area contributed by atoms with Crippen LogP contribution in [0.15, 0.2) is 11.6 Å². The van der Waals surface area contributed by atoms with Gasteiger partial charge in [0.2, 0.25) is 10.0 Å². The Hall–Kier alpha value is -0.460. The Morgan fingerprint density at radius 3 is 2.50 bits per heavy atom. The zero-order chi connectivity index (χ0) is 10.8. The van der Waals surface area contributed by atoms with Gasteiger partial charge >= 0.3 is 0 Å². The summed E-state index contributed by atoms with van der Waals surface area (Å²) in [6.07, 6.45) is 1.67. The molecule has 1 heterocycles. The monoisotopic (exact) mass is 234 g/mol. The molecule has 0 saturated heterocycles. The first kappa shape index (κ1) is 11.6. The van der Waals surface area contributed by atoms with Crippen LogP contribution in [0.4, 0.5) is 0 Å². The number of nitrogens with zero attached hydrogens (tertiary/aromatic N) is 1. The van der Waals surface area contributed by atoms with Gasteiger partial charge < -0.3 is 0 Å². The van der Waals surface area contributed by atoms with Crippen LogP contribution in [0.2, 0.25) is 0 Å². The van der Waals surface area contributed by atoms with Gasteiger partial charge in [-0.1, -0.05) is 0 Å². The summed E-state index contributed by atoms with van der Waals surface area (Å²) in [6.45, 7) is 5.09. The van der Waals surface area contributed by atoms with Crippen LogP contribution < -0.4 is 4.72 Å². The average Bonchev–Trinajstić information content (AvgIpc) is 2.54. The molecule has 0 aliphatic heterocycles. The van der Waals surface area contributed by atoms with E-state index < -0.39 is 15.3 Å². The highest BCUT2D eigenvalue weighted by Crippen LogP contribution is 2.16. The molecule has 80 valence electrons. The van der Waals surface area contributed by atoms with Gasteiger partial charge in [-0.3, -0.25) is 0 Å². The smallest absolute Gasteiger partial charge is 0.214 e. The Balaban J connectivity index is 2.71. The molecule has 0 radical (unpaired) electrons. The SMILES string of the molecule is CC(NS(=O)(=O)C(C)C)c1nccs1. The fourth-order valence-electron chi connectivity index (χ4n) is 0.881. The summed E-state index contributed by atoms with van der Waals surface area (Å²) in [5, 5.41) is 2.20. The van der Waals surface area contributed by atoms with E-state index in [9.17, 15) is 8.42 Å². The molecule has 0 bridgehead atoms. The van der Waals surface area contributed by atoms with Crippen molar-refractivity contribution in [2.24, 2.45) is 0 Å². The van der Waals surface area contributed by atoms with Crippen LogP contribution in [0.25, 0.3) is 0 Å². The summed E-state index contributed by atoms with van der Waals surface area (Å²) in [4.78, 5) is 4.05. The predicted octanol–water partition coefficient (Wildman–Crippen LogP) is 1.53. The summed E-state index contributed by atoms with van der Waals surface area (Å²) < 4.78 is 25.6. The summed E-state index contributed by atoms with van der Waals surface area (Å²) in [6, 6.07) is -0.248. The molecule has 1 aromatic heterocycles. The summed E-state index contributed by atoms with van der Waals surface area (Å²) in [5.74, 6) is 0. The van der Waals surface area contributed by atoms with Gasteiger partial charge in [0.05, 0.1) is 11.3 Å². The van der Waals surface area contributed by atoms with Crippen molar-refractivity contribution in [3.63, 3.8) is 0 Å².